The fourth-order valence-corrected chi connectivity index (χ4v) is 3.14. The Bertz CT molecular complexity index is 828. The van der Waals surface area contributed by atoms with Crippen LogP contribution in [0.3, 0.4) is 0 Å². The number of aryl methyl sites for hydroxylation is 1. The van der Waals surface area contributed by atoms with E-state index in [1.165, 1.54) is 0 Å². The highest BCUT2D eigenvalue weighted by Crippen LogP contribution is 2.29. The van der Waals surface area contributed by atoms with Crippen LogP contribution in [0.2, 0.25) is 0 Å². The zero-order valence-corrected chi connectivity index (χ0v) is 14.3. The number of benzene rings is 1. The molecular formula is C19H20N4O2. The number of nitrogens with one attached hydrogen (secondary N) is 1. The zero-order chi connectivity index (χ0) is 17.8. The number of carbonyl (C=O) groups excluding carboxylic acids is 1. The van der Waals surface area contributed by atoms with Crippen LogP contribution in [0.5, 0.6) is 5.75 Å². The Morgan fingerprint density at radius 2 is 2.28 bits per heavy atom. The first kappa shape index (κ1) is 16.8. The van der Waals surface area contributed by atoms with Crippen LogP contribution in [0, 0.1) is 18.3 Å². The number of amides is 1. The summed E-state index contributed by atoms with van der Waals surface area (Å²) in [5, 5.41) is 12.3. The summed E-state index contributed by atoms with van der Waals surface area (Å²) in [7, 11) is 1.58. The third kappa shape index (κ3) is 3.41. The number of methoxy groups -OCH3 is 1. The van der Waals surface area contributed by atoms with Crippen molar-refractivity contribution in [2.75, 3.05) is 23.9 Å². The Kier molecular flexibility index (Phi) is 4.85. The third-order valence-corrected chi connectivity index (χ3v) is 4.35. The van der Waals surface area contributed by atoms with Gasteiger partial charge in [-0.15, -0.1) is 0 Å². The first-order chi connectivity index (χ1) is 12.1. The highest BCUT2D eigenvalue weighted by molar-refractivity contribution is 5.98. The number of ether oxygens (including phenoxy) is 1. The molecule has 6 nitrogen and oxygen atoms in total. The average Bonchev–Trinajstić information content (AvgIpc) is 3.11. The van der Waals surface area contributed by atoms with Crippen molar-refractivity contribution < 1.29 is 9.53 Å². The molecule has 0 radical (unpaired) electrons. The SMILES string of the molecule is COc1ccc(C)cc1NC(=O)C1CCCN1c1ncccc1C#N. The molecule has 0 aliphatic carbocycles. The van der Waals surface area contributed by atoms with Gasteiger partial charge in [0.25, 0.3) is 0 Å². The van der Waals surface area contributed by atoms with Gasteiger partial charge in [-0.2, -0.15) is 5.26 Å². The Morgan fingerprint density at radius 3 is 3.04 bits per heavy atom. The van der Waals surface area contributed by atoms with E-state index < -0.39 is 0 Å². The molecule has 2 aromatic rings. The average molecular weight is 336 g/mol. The molecule has 6 heteroatoms. The van der Waals surface area contributed by atoms with Gasteiger partial charge in [0.2, 0.25) is 5.91 Å². The van der Waals surface area contributed by atoms with Crippen molar-refractivity contribution in [2.24, 2.45) is 0 Å². The molecule has 2 heterocycles. The largest absolute Gasteiger partial charge is 0.495 e. The van der Waals surface area contributed by atoms with Crippen LogP contribution in [-0.2, 0) is 4.79 Å². The summed E-state index contributed by atoms with van der Waals surface area (Å²) in [6, 6.07) is 10.9. The molecule has 25 heavy (non-hydrogen) atoms. The summed E-state index contributed by atoms with van der Waals surface area (Å²) in [5.74, 6) is 1.08. The van der Waals surface area contributed by atoms with E-state index in [1.54, 1.807) is 25.4 Å². The number of pyridine rings is 1. The summed E-state index contributed by atoms with van der Waals surface area (Å²) in [4.78, 5) is 19.1. The van der Waals surface area contributed by atoms with Crippen molar-refractivity contribution in [2.45, 2.75) is 25.8 Å². The van der Waals surface area contributed by atoms with E-state index in [-0.39, 0.29) is 11.9 Å². The second-order valence-electron chi connectivity index (χ2n) is 6.03. The smallest absolute Gasteiger partial charge is 0.247 e. The zero-order valence-electron chi connectivity index (χ0n) is 14.3. The molecule has 1 aromatic carbocycles. The minimum Gasteiger partial charge on any atom is -0.495 e. The number of hydrogen-bond donors (Lipinski definition) is 1. The predicted octanol–water partition coefficient (Wildman–Crippen LogP) is 2.88. The predicted molar refractivity (Wildman–Crippen MR) is 95.7 cm³/mol. The first-order valence-electron chi connectivity index (χ1n) is 8.21. The Balaban J connectivity index is 1.85. The molecule has 1 atom stereocenters. The summed E-state index contributed by atoms with van der Waals surface area (Å²) in [5.41, 5.74) is 2.17. The number of rotatable bonds is 4. The lowest BCUT2D eigenvalue weighted by molar-refractivity contribution is -0.117. The monoisotopic (exact) mass is 336 g/mol. The summed E-state index contributed by atoms with van der Waals surface area (Å²) in [6.45, 7) is 2.67. The van der Waals surface area contributed by atoms with E-state index in [4.69, 9.17) is 4.74 Å². The summed E-state index contributed by atoms with van der Waals surface area (Å²) < 4.78 is 5.33. The van der Waals surface area contributed by atoms with Crippen molar-refractivity contribution >= 4 is 17.4 Å². The van der Waals surface area contributed by atoms with Crippen LogP contribution in [0.1, 0.15) is 24.0 Å². The van der Waals surface area contributed by atoms with E-state index in [0.29, 0.717) is 29.4 Å². The van der Waals surface area contributed by atoms with Gasteiger partial charge in [-0.25, -0.2) is 4.98 Å². The van der Waals surface area contributed by atoms with Crippen molar-refractivity contribution in [3.8, 4) is 11.8 Å². The first-order valence-corrected chi connectivity index (χ1v) is 8.21. The maximum absolute atomic E-state index is 12.9. The van der Waals surface area contributed by atoms with Gasteiger partial charge in [-0.3, -0.25) is 4.79 Å². The lowest BCUT2D eigenvalue weighted by Gasteiger charge is -2.25. The quantitative estimate of drug-likeness (QED) is 0.929. The van der Waals surface area contributed by atoms with E-state index in [1.807, 2.05) is 30.0 Å². The van der Waals surface area contributed by atoms with Crippen LogP contribution in [0.4, 0.5) is 11.5 Å². The lowest BCUT2D eigenvalue weighted by atomic mass is 10.1. The molecule has 1 aliphatic heterocycles. The Morgan fingerprint density at radius 1 is 1.44 bits per heavy atom. The van der Waals surface area contributed by atoms with E-state index in [0.717, 1.165) is 18.4 Å². The molecule has 1 amide bonds. The van der Waals surface area contributed by atoms with Crippen molar-refractivity contribution in [3.63, 3.8) is 0 Å². The molecule has 0 saturated carbocycles. The van der Waals surface area contributed by atoms with Crippen molar-refractivity contribution in [1.82, 2.24) is 4.98 Å². The van der Waals surface area contributed by atoms with Gasteiger partial charge in [0, 0.05) is 12.7 Å². The van der Waals surface area contributed by atoms with Crippen LogP contribution < -0.4 is 15.0 Å². The van der Waals surface area contributed by atoms with Crippen LogP contribution in [0.25, 0.3) is 0 Å². The highest BCUT2D eigenvalue weighted by atomic mass is 16.5. The fourth-order valence-electron chi connectivity index (χ4n) is 3.14. The molecule has 128 valence electrons. The Labute approximate surface area is 147 Å². The fraction of sp³-hybridized carbons (Fsp3) is 0.316. The topological polar surface area (TPSA) is 78.2 Å². The van der Waals surface area contributed by atoms with E-state index >= 15 is 0 Å². The molecule has 0 spiro atoms. The second kappa shape index (κ2) is 7.22. The molecule has 1 aliphatic rings. The third-order valence-electron chi connectivity index (χ3n) is 4.35. The molecule has 1 N–H and O–H groups in total. The highest BCUT2D eigenvalue weighted by Gasteiger charge is 2.33. The number of carbonyl (C=O) groups is 1. The van der Waals surface area contributed by atoms with Gasteiger partial charge in [-0.1, -0.05) is 6.07 Å². The minimum atomic E-state index is -0.354. The van der Waals surface area contributed by atoms with Gasteiger partial charge in [0.1, 0.15) is 23.7 Å². The molecule has 1 unspecified atom stereocenters. The lowest BCUT2D eigenvalue weighted by Crippen LogP contribution is -2.40. The van der Waals surface area contributed by atoms with Crippen LogP contribution >= 0.6 is 0 Å². The van der Waals surface area contributed by atoms with E-state index in [9.17, 15) is 10.1 Å². The van der Waals surface area contributed by atoms with E-state index in [2.05, 4.69) is 16.4 Å². The summed E-state index contributed by atoms with van der Waals surface area (Å²) >= 11 is 0. The summed E-state index contributed by atoms with van der Waals surface area (Å²) in [6.07, 6.45) is 3.25. The number of aromatic nitrogens is 1. The van der Waals surface area contributed by atoms with Gasteiger partial charge >= 0.3 is 0 Å². The van der Waals surface area contributed by atoms with Crippen LogP contribution in [0.15, 0.2) is 36.5 Å². The maximum atomic E-state index is 12.9. The van der Waals surface area contributed by atoms with Gasteiger partial charge in [0.05, 0.1) is 18.4 Å². The number of anilines is 2. The molecule has 0 bridgehead atoms. The maximum Gasteiger partial charge on any atom is 0.247 e. The number of hydrogen-bond acceptors (Lipinski definition) is 5. The minimum absolute atomic E-state index is 0.115. The normalized spacial score (nSPS) is 16.4. The molecule has 1 fully saturated rings. The van der Waals surface area contributed by atoms with Crippen molar-refractivity contribution in [3.05, 3.63) is 47.7 Å². The Hall–Kier alpha value is -3.07. The standard InChI is InChI=1S/C19H20N4O2/c1-13-7-8-17(25-2)15(11-13)22-19(24)16-6-4-10-23(16)18-14(12-20)5-3-9-21-18/h3,5,7-9,11,16H,4,6,10H2,1-2H3,(H,22,24). The second-order valence-corrected chi connectivity index (χ2v) is 6.03. The molecule has 1 aromatic heterocycles. The number of nitrogens with zero attached hydrogens (tertiary/aromatic N) is 3. The van der Waals surface area contributed by atoms with Crippen LogP contribution in [-0.4, -0.2) is 30.6 Å². The molecular weight excluding hydrogens is 316 g/mol. The van der Waals surface area contributed by atoms with Gasteiger partial charge in [0.15, 0.2) is 0 Å². The van der Waals surface area contributed by atoms with Gasteiger partial charge in [-0.05, 0) is 49.6 Å². The van der Waals surface area contributed by atoms with Crippen molar-refractivity contribution in [1.29, 1.82) is 5.26 Å². The van der Waals surface area contributed by atoms with Gasteiger partial charge < -0.3 is 15.0 Å². The molecule has 3 rings (SSSR count). The number of nitriles is 1. The molecule has 1 saturated heterocycles.